The van der Waals surface area contributed by atoms with Gasteiger partial charge in [0.25, 0.3) is 0 Å². The first-order chi connectivity index (χ1) is 8.53. The lowest BCUT2D eigenvalue weighted by Gasteiger charge is -2.48. The van der Waals surface area contributed by atoms with Crippen LogP contribution in [0.4, 0.5) is 0 Å². The van der Waals surface area contributed by atoms with E-state index >= 15 is 0 Å². The molecule has 0 radical (unpaired) electrons. The van der Waals surface area contributed by atoms with Gasteiger partial charge >= 0.3 is 7.60 Å². The van der Waals surface area contributed by atoms with E-state index in [0.717, 1.165) is 32.1 Å². The fraction of sp³-hybridized carbons (Fsp3) is 1.00. The number of likely N-dealkylation sites (N-methyl/N-ethyl adjacent to an activating group) is 1. The van der Waals surface area contributed by atoms with Gasteiger partial charge in [-0.25, -0.2) is 0 Å². The number of quaternary nitrogens is 1. The van der Waals surface area contributed by atoms with Gasteiger partial charge in [-0.2, -0.15) is 0 Å². The summed E-state index contributed by atoms with van der Waals surface area (Å²) >= 11 is 0. The highest BCUT2D eigenvalue weighted by Gasteiger charge is 2.57. The van der Waals surface area contributed by atoms with Crippen molar-refractivity contribution in [2.45, 2.75) is 56.8 Å². The highest BCUT2D eigenvalue weighted by Crippen LogP contribution is 2.54. The Balaban J connectivity index is 3.18. The van der Waals surface area contributed by atoms with Crippen LogP contribution >= 0.6 is 7.60 Å². The summed E-state index contributed by atoms with van der Waals surface area (Å²) in [5.74, 6) is -1.07. The molecule has 1 saturated carbocycles. The van der Waals surface area contributed by atoms with E-state index in [2.05, 4.69) is 0 Å². The van der Waals surface area contributed by atoms with Gasteiger partial charge in [0, 0.05) is 0 Å². The van der Waals surface area contributed by atoms with Crippen molar-refractivity contribution in [2.75, 3.05) is 21.1 Å². The quantitative estimate of drug-likeness (QED) is 0.535. The Hall–Kier alpha value is 0.0700. The molecule has 0 saturated heterocycles. The minimum Gasteiger partial charge on any atom is -0.383 e. The molecule has 0 bridgehead atoms. The summed E-state index contributed by atoms with van der Waals surface area (Å²) in [4.78, 5) is 19.5. The molecular formula is C13H29NO4P+. The Morgan fingerprint density at radius 1 is 1.21 bits per heavy atom. The van der Waals surface area contributed by atoms with E-state index in [9.17, 15) is 19.5 Å². The van der Waals surface area contributed by atoms with Crippen LogP contribution in [0.15, 0.2) is 0 Å². The zero-order valence-corrected chi connectivity index (χ0v) is 13.4. The van der Waals surface area contributed by atoms with Crippen LogP contribution in [-0.2, 0) is 4.57 Å². The normalized spacial score (nSPS) is 23.9. The van der Waals surface area contributed by atoms with Crippen molar-refractivity contribution in [3.63, 3.8) is 0 Å². The maximum absolute atomic E-state index is 11.9. The minimum absolute atomic E-state index is 0.0128. The van der Waals surface area contributed by atoms with E-state index in [4.69, 9.17) is 0 Å². The van der Waals surface area contributed by atoms with Crippen LogP contribution in [0.5, 0.6) is 0 Å². The molecule has 0 aromatic carbocycles. The molecule has 1 rings (SSSR count). The van der Waals surface area contributed by atoms with E-state index in [1.165, 1.54) is 0 Å². The monoisotopic (exact) mass is 294 g/mol. The predicted octanol–water partition coefficient (Wildman–Crippen LogP) is 1.92. The standard InChI is InChI=1S/C13H28NO4P/c1-5-13(15,11-9-7-6-8-10-11)12(14(2,3)4)19(16,17)18/h11-12,15H,5-10H2,1-4H3,(H-,16,17,18)/p+1. The molecule has 114 valence electrons. The Morgan fingerprint density at radius 3 is 2.00 bits per heavy atom. The number of hydrogen-bond donors (Lipinski definition) is 3. The fourth-order valence-corrected chi connectivity index (χ4v) is 5.58. The summed E-state index contributed by atoms with van der Waals surface area (Å²) in [6, 6.07) is 0. The van der Waals surface area contributed by atoms with Crippen molar-refractivity contribution in [3.05, 3.63) is 0 Å². The molecule has 0 amide bonds. The van der Waals surface area contributed by atoms with Gasteiger partial charge < -0.3 is 19.4 Å². The molecule has 19 heavy (non-hydrogen) atoms. The van der Waals surface area contributed by atoms with Gasteiger partial charge in [0.05, 0.1) is 21.1 Å². The third-order valence-electron chi connectivity index (χ3n) is 4.38. The molecule has 3 N–H and O–H groups in total. The maximum atomic E-state index is 11.9. The highest BCUT2D eigenvalue weighted by molar-refractivity contribution is 7.52. The molecule has 2 unspecified atom stereocenters. The molecule has 0 heterocycles. The minimum atomic E-state index is -4.38. The van der Waals surface area contributed by atoms with Gasteiger partial charge in [-0.15, -0.1) is 0 Å². The van der Waals surface area contributed by atoms with Crippen LogP contribution in [0.2, 0.25) is 0 Å². The molecule has 0 aromatic rings. The third kappa shape index (κ3) is 3.79. The van der Waals surface area contributed by atoms with Crippen LogP contribution in [0.25, 0.3) is 0 Å². The molecule has 6 heteroatoms. The van der Waals surface area contributed by atoms with Crippen LogP contribution in [0.1, 0.15) is 45.4 Å². The number of aliphatic hydroxyl groups is 1. The van der Waals surface area contributed by atoms with Gasteiger partial charge in [-0.3, -0.25) is 4.57 Å². The number of nitrogens with zero attached hydrogens (tertiary/aromatic N) is 1. The first-order valence-electron chi connectivity index (χ1n) is 7.12. The summed E-state index contributed by atoms with van der Waals surface area (Å²) in [7, 11) is 0.850. The van der Waals surface area contributed by atoms with Crippen molar-refractivity contribution in [2.24, 2.45) is 5.92 Å². The molecule has 0 spiro atoms. The van der Waals surface area contributed by atoms with E-state index in [-0.39, 0.29) is 10.4 Å². The van der Waals surface area contributed by atoms with E-state index < -0.39 is 19.0 Å². The average Bonchev–Trinajstić information content (AvgIpc) is 2.26. The molecule has 1 aliphatic rings. The van der Waals surface area contributed by atoms with Gasteiger partial charge in [0.1, 0.15) is 5.60 Å². The third-order valence-corrected chi connectivity index (χ3v) is 6.16. The lowest BCUT2D eigenvalue weighted by molar-refractivity contribution is -0.891. The predicted molar refractivity (Wildman–Crippen MR) is 75.7 cm³/mol. The lowest BCUT2D eigenvalue weighted by Crippen LogP contribution is -2.61. The van der Waals surface area contributed by atoms with E-state index in [1.807, 2.05) is 6.92 Å². The van der Waals surface area contributed by atoms with Crippen molar-refractivity contribution in [1.29, 1.82) is 0 Å². The second-order valence-electron chi connectivity index (χ2n) is 6.76. The first kappa shape index (κ1) is 17.1. The summed E-state index contributed by atoms with van der Waals surface area (Å²) in [6.45, 7) is 1.83. The lowest BCUT2D eigenvalue weighted by atomic mass is 9.75. The Morgan fingerprint density at radius 2 is 1.68 bits per heavy atom. The summed E-state index contributed by atoms with van der Waals surface area (Å²) in [5, 5.41) is 11.1. The van der Waals surface area contributed by atoms with E-state index in [1.54, 1.807) is 21.1 Å². The summed E-state index contributed by atoms with van der Waals surface area (Å²) < 4.78 is 12.0. The first-order valence-corrected chi connectivity index (χ1v) is 8.80. The molecule has 2 atom stereocenters. The zero-order chi connectivity index (χ0) is 14.9. The van der Waals surface area contributed by atoms with Crippen LogP contribution in [0.3, 0.4) is 0 Å². The Bertz CT molecular complexity index is 343. The summed E-state index contributed by atoms with van der Waals surface area (Å²) in [5.41, 5.74) is -1.29. The molecule has 0 aliphatic heterocycles. The van der Waals surface area contributed by atoms with Gasteiger partial charge in [-0.1, -0.05) is 26.2 Å². The van der Waals surface area contributed by atoms with Gasteiger partial charge in [0.15, 0.2) is 0 Å². The van der Waals surface area contributed by atoms with Crippen LogP contribution in [0, 0.1) is 5.92 Å². The van der Waals surface area contributed by atoms with Gasteiger partial charge in [0.2, 0.25) is 5.78 Å². The SMILES string of the molecule is CCC(O)(C1CCCCC1)C([N+](C)(C)C)P(=O)(O)O. The molecular weight excluding hydrogens is 265 g/mol. The van der Waals surface area contributed by atoms with Gasteiger partial charge in [-0.05, 0) is 25.2 Å². The number of rotatable bonds is 5. The molecule has 1 fully saturated rings. The smallest absolute Gasteiger partial charge is 0.383 e. The average molecular weight is 294 g/mol. The maximum Gasteiger partial charge on any atom is 0.385 e. The Labute approximate surface area is 116 Å². The number of hydrogen-bond acceptors (Lipinski definition) is 2. The van der Waals surface area contributed by atoms with Crippen molar-refractivity contribution in [3.8, 4) is 0 Å². The summed E-state index contributed by atoms with van der Waals surface area (Å²) in [6.07, 6.45) is 5.34. The largest absolute Gasteiger partial charge is 0.385 e. The molecule has 1 aliphatic carbocycles. The molecule has 0 aromatic heterocycles. The second-order valence-corrected chi connectivity index (χ2v) is 8.43. The molecule has 5 nitrogen and oxygen atoms in total. The zero-order valence-electron chi connectivity index (χ0n) is 12.5. The van der Waals surface area contributed by atoms with Crippen molar-refractivity contribution >= 4 is 7.60 Å². The second kappa shape index (κ2) is 5.82. The van der Waals surface area contributed by atoms with Crippen molar-refractivity contribution in [1.82, 2.24) is 0 Å². The van der Waals surface area contributed by atoms with Crippen molar-refractivity contribution < 1.29 is 23.9 Å². The van der Waals surface area contributed by atoms with Crippen LogP contribution in [-0.4, -0.2) is 51.9 Å². The highest BCUT2D eigenvalue weighted by atomic mass is 31.2. The Kier molecular flexibility index (Phi) is 5.25. The topological polar surface area (TPSA) is 77.8 Å². The fourth-order valence-electron chi connectivity index (χ4n) is 3.70. The van der Waals surface area contributed by atoms with Crippen LogP contribution < -0.4 is 0 Å². The van der Waals surface area contributed by atoms with E-state index in [0.29, 0.717) is 6.42 Å².